The second kappa shape index (κ2) is 12.0. The third-order valence-electron chi connectivity index (χ3n) is 6.40. The van der Waals surface area contributed by atoms with Crippen LogP contribution in [0.4, 0.5) is 15.0 Å². The van der Waals surface area contributed by atoms with Gasteiger partial charge in [-0.1, -0.05) is 30.3 Å². The number of carbonyl (C=O) groups excluding carboxylic acids is 1. The molecule has 1 saturated heterocycles. The molecule has 1 atom stereocenters. The highest BCUT2D eigenvalue weighted by Crippen LogP contribution is 2.25. The van der Waals surface area contributed by atoms with Crippen LogP contribution in [0.5, 0.6) is 0 Å². The minimum absolute atomic E-state index is 0.0351. The lowest BCUT2D eigenvalue weighted by Gasteiger charge is -2.30. The highest BCUT2D eigenvalue weighted by atomic mass is 19.1. The number of hydrogen-bond donors (Lipinski definition) is 3. The third-order valence-corrected chi connectivity index (χ3v) is 6.40. The van der Waals surface area contributed by atoms with Gasteiger partial charge in [0, 0.05) is 31.7 Å². The van der Waals surface area contributed by atoms with Crippen LogP contribution in [0, 0.1) is 23.1 Å². The van der Waals surface area contributed by atoms with Crippen molar-refractivity contribution in [3.8, 4) is 17.3 Å². The Hall–Kier alpha value is -4.45. The number of rotatable bonds is 8. The van der Waals surface area contributed by atoms with E-state index in [2.05, 4.69) is 21.7 Å². The maximum atomic E-state index is 13.6. The standard InChI is InChI=1S/C28H28FN5O3/c29-22-8-3-5-19(15-22)12-13-31-26-24(10-11-25(33-26)23-9-2-1-7-21(23)16-30)27(35)32-17-20-6-4-14-34(18-20)28(36)37/h1-3,5,7-11,15,20H,4,6,12-14,17-18H2,(H,31,33)(H,32,35)(H,36,37)/t20-/m1/s1. The highest BCUT2D eigenvalue weighted by Gasteiger charge is 2.24. The highest BCUT2D eigenvalue weighted by molar-refractivity contribution is 5.99. The SMILES string of the molecule is N#Cc1ccccc1-c1ccc(C(=O)NC[C@H]2CCCN(C(=O)O)C2)c(NCCc2cccc(F)c2)n1. The first-order chi connectivity index (χ1) is 17.9. The topological polar surface area (TPSA) is 118 Å². The quantitative estimate of drug-likeness (QED) is 0.417. The van der Waals surface area contributed by atoms with Gasteiger partial charge >= 0.3 is 6.09 Å². The van der Waals surface area contributed by atoms with Crippen LogP contribution in [0.2, 0.25) is 0 Å². The molecular formula is C28H28FN5O3. The molecule has 8 nitrogen and oxygen atoms in total. The maximum absolute atomic E-state index is 13.6. The minimum atomic E-state index is -0.946. The van der Waals surface area contributed by atoms with Crippen LogP contribution in [-0.4, -0.2) is 53.2 Å². The zero-order valence-electron chi connectivity index (χ0n) is 20.3. The fourth-order valence-corrected chi connectivity index (χ4v) is 4.49. The second-order valence-electron chi connectivity index (χ2n) is 9.00. The summed E-state index contributed by atoms with van der Waals surface area (Å²) in [4.78, 5) is 30.5. The molecule has 0 saturated carbocycles. The van der Waals surface area contributed by atoms with Crippen LogP contribution < -0.4 is 10.6 Å². The van der Waals surface area contributed by atoms with Crippen molar-refractivity contribution in [2.45, 2.75) is 19.3 Å². The van der Waals surface area contributed by atoms with Gasteiger partial charge in [0.2, 0.25) is 0 Å². The lowest BCUT2D eigenvalue weighted by atomic mass is 9.98. The summed E-state index contributed by atoms with van der Waals surface area (Å²) in [6, 6.07) is 19.0. The van der Waals surface area contributed by atoms with E-state index < -0.39 is 6.09 Å². The number of carboxylic acid groups (broad SMARTS) is 1. The minimum Gasteiger partial charge on any atom is -0.465 e. The van der Waals surface area contributed by atoms with Crippen LogP contribution in [0.1, 0.15) is 34.3 Å². The Labute approximate surface area is 214 Å². The molecule has 1 aliphatic rings. The molecule has 0 aliphatic carbocycles. The van der Waals surface area contributed by atoms with Crippen molar-refractivity contribution in [2.75, 3.05) is 31.5 Å². The maximum Gasteiger partial charge on any atom is 0.407 e. The molecule has 0 bridgehead atoms. The fraction of sp³-hybridized carbons (Fsp3) is 0.286. The molecule has 9 heteroatoms. The molecular weight excluding hydrogens is 473 g/mol. The molecule has 3 N–H and O–H groups in total. The number of piperidine rings is 1. The van der Waals surface area contributed by atoms with Gasteiger partial charge in [0.25, 0.3) is 5.91 Å². The smallest absolute Gasteiger partial charge is 0.407 e. The van der Waals surface area contributed by atoms with Gasteiger partial charge in [-0.25, -0.2) is 14.2 Å². The van der Waals surface area contributed by atoms with E-state index in [1.807, 2.05) is 12.1 Å². The molecule has 4 rings (SSSR count). The van der Waals surface area contributed by atoms with E-state index >= 15 is 0 Å². The molecule has 0 unspecified atom stereocenters. The first-order valence-electron chi connectivity index (χ1n) is 12.2. The summed E-state index contributed by atoms with van der Waals surface area (Å²) < 4.78 is 13.6. The zero-order chi connectivity index (χ0) is 26.2. The van der Waals surface area contributed by atoms with Gasteiger partial charge in [-0.2, -0.15) is 5.26 Å². The van der Waals surface area contributed by atoms with Gasteiger partial charge in [0.05, 0.1) is 22.9 Å². The van der Waals surface area contributed by atoms with Gasteiger partial charge in [-0.15, -0.1) is 0 Å². The Morgan fingerprint density at radius 3 is 2.78 bits per heavy atom. The number of nitrogens with zero attached hydrogens (tertiary/aromatic N) is 3. The van der Waals surface area contributed by atoms with E-state index in [0.717, 1.165) is 18.4 Å². The molecule has 2 amide bonds. The Bertz CT molecular complexity index is 1320. The molecule has 190 valence electrons. The van der Waals surface area contributed by atoms with Crippen LogP contribution in [0.25, 0.3) is 11.3 Å². The molecule has 3 aromatic rings. The monoisotopic (exact) mass is 501 g/mol. The number of hydrogen-bond acceptors (Lipinski definition) is 5. The Morgan fingerprint density at radius 2 is 2.00 bits per heavy atom. The number of anilines is 1. The van der Waals surface area contributed by atoms with Crippen molar-refractivity contribution in [1.82, 2.24) is 15.2 Å². The number of halogens is 1. The normalized spacial score (nSPS) is 15.0. The van der Waals surface area contributed by atoms with Crippen molar-refractivity contribution in [1.29, 1.82) is 5.26 Å². The zero-order valence-corrected chi connectivity index (χ0v) is 20.3. The van der Waals surface area contributed by atoms with Crippen LogP contribution in [0.3, 0.4) is 0 Å². The van der Waals surface area contributed by atoms with Gasteiger partial charge in [0.1, 0.15) is 11.6 Å². The van der Waals surface area contributed by atoms with E-state index in [0.29, 0.717) is 60.8 Å². The number of carbonyl (C=O) groups is 2. The van der Waals surface area contributed by atoms with E-state index in [9.17, 15) is 24.3 Å². The lowest BCUT2D eigenvalue weighted by molar-refractivity contribution is 0.0929. The summed E-state index contributed by atoms with van der Waals surface area (Å²) in [5, 5.41) is 24.9. The lowest BCUT2D eigenvalue weighted by Crippen LogP contribution is -2.43. The average Bonchev–Trinajstić information content (AvgIpc) is 2.92. The molecule has 1 aliphatic heterocycles. The number of benzene rings is 2. The number of nitriles is 1. The Balaban J connectivity index is 1.52. The number of aromatic nitrogens is 1. The fourth-order valence-electron chi connectivity index (χ4n) is 4.49. The Kier molecular flexibility index (Phi) is 8.31. The summed E-state index contributed by atoms with van der Waals surface area (Å²) >= 11 is 0. The third kappa shape index (κ3) is 6.61. The van der Waals surface area contributed by atoms with Crippen molar-refractivity contribution in [3.05, 3.63) is 83.2 Å². The van der Waals surface area contributed by atoms with E-state index in [1.165, 1.54) is 17.0 Å². The molecule has 2 aromatic carbocycles. The van der Waals surface area contributed by atoms with E-state index in [1.54, 1.807) is 36.4 Å². The van der Waals surface area contributed by atoms with Crippen molar-refractivity contribution >= 4 is 17.8 Å². The molecule has 2 heterocycles. The Morgan fingerprint density at radius 1 is 1.16 bits per heavy atom. The molecule has 1 fully saturated rings. The number of pyridine rings is 1. The van der Waals surface area contributed by atoms with Crippen LogP contribution >= 0.6 is 0 Å². The van der Waals surface area contributed by atoms with Gasteiger partial charge in [0.15, 0.2) is 0 Å². The number of likely N-dealkylation sites (tertiary alicyclic amines) is 1. The molecule has 0 radical (unpaired) electrons. The van der Waals surface area contributed by atoms with Crippen molar-refractivity contribution in [2.24, 2.45) is 5.92 Å². The van der Waals surface area contributed by atoms with E-state index in [-0.39, 0.29) is 17.6 Å². The summed E-state index contributed by atoms with van der Waals surface area (Å²) in [6.45, 7) is 1.66. The van der Waals surface area contributed by atoms with Crippen LogP contribution in [0.15, 0.2) is 60.7 Å². The number of amides is 2. The summed E-state index contributed by atoms with van der Waals surface area (Å²) in [7, 11) is 0. The average molecular weight is 502 g/mol. The number of nitrogens with one attached hydrogen (secondary N) is 2. The second-order valence-corrected chi connectivity index (χ2v) is 9.00. The van der Waals surface area contributed by atoms with Crippen LogP contribution in [-0.2, 0) is 6.42 Å². The first-order valence-corrected chi connectivity index (χ1v) is 12.2. The summed E-state index contributed by atoms with van der Waals surface area (Å²) in [6.07, 6.45) is 1.17. The molecule has 37 heavy (non-hydrogen) atoms. The van der Waals surface area contributed by atoms with Gasteiger partial charge < -0.3 is 20.6 Å². The molecule has 0 spiro atoms. The largest absolute Gasteiger partial charge is 0.465 e. The predicted octanol–water partition coefficient (Wildman–Crippen LogP) is 4.53. The summed E-state index contributed by atoms with van der Waals surface area (Å²) in [5.74, 6) is -0.244. The van der Waals surface area contributed by atoms with Gasteiger partial charge in [-0.3, -0.25) is 4.79 Å². The van der Waals surface area contributed by atoms with Crippen molar-refractivity contribution < 1.29 is 19.1 Å². The van der Waals surface area contributed by atoms with Crippen molar-refractivity contribution in [3.63, 3.8) is 0 Å². The summed E-state index contributed by atoms with van der Waals surface area (Å²) in [5.41, 5.74) is 2.82. The van der Waals surface area contributed by atoms with E-state index in [4.69, 9.17) is 0 Å². The molecule has 1 aromatic heterocycles. The van der Waals surface area contributed by atoms with Gasteiger partial charge in [-0.05, 0) is 61.1 Å². The predicted molar refractivity (Wildman–Crippen MR) is 138 cm³/mol. The first kappa shape index (κ1) is 25.6.